The predicted octanol–water partition coefficient (Wildman–Crippen LogP) is 4.95. The van der Waals surface area contributed by atoms with Gasteiger partial charge in [-0.25, -0.2) is 26.3 Å². The minimum atomic E-state index is -3.43. The number of anilines is 1. The van der Waals surface area contributed by atoms with Crippen LogP contribution in [-0.4, -0.2) is 52.2 Å². The Hall–Kier alpha value is -3.58. The fraction of sp³-hybridized carbons (Fsp3) is 0.538. The minimum Gasteiger partial charge on any atom is -0.339 e. The second kappa shape index (κ2) is 12.7. The third kappa shape index (κ3) is 7.54. The number of hydrogen-bond acceptors (Lipinski definition) is 4. The molecule has 0 saturated heterocycles. The van der Waals surface area contributed by atoms with Gasteiger partial charge in [-0.05, 0) is 63.3 Å². The third-order valence-corrected chi connectivity index (χ3v) is 6.84. The number of halogens is 6. The van der Waals surface area contributed by atoms with Gasteiger partial charge in [0.15, 0.2) is 0 Å². The highest BCUT2D eigenvalue weighted by Crippen LogP contribution is 2.38. The maximum Gasteiger partial charge on any atom is 0.287 e. The zero-order valence-corrected chi connectivity index (χ0v) is 22.1. The maximum atomic E-state index is 14.9. The van der Waals surface area contributed by atoms with Crippen molar-refractivity contribution in [2.24, 2.45) is 5.92 Å². The van der Waals surface area contributed by atoms with Gasteiger partial charge < -0.3 is 16.0 Å². The molecule has 3 rings (SSSR count). The summed E-state index contributed by atoms with van der Waals surface area (Å²) in [5, 5.41) is 10.5. The number of rotatable bonds is 10. The molecule has 0 bridgehead atoms. The molecule has 14 heteroatoms. The lowest BCUT2D eigenvalue weighted by molar-refractivity contribution is -0.126. The van der Waals surface area contributed by atoms with E-state index in [9.17, 15) is 40.7 Å². The van der Waals surface area contributed by atoms with Crippen molar-refractivity contribution in [3.63, 3.8) is 0 Å². The molecule has 3 amide bonds. The predicted molar refractivity (Wildman–Crippen MR) is 133 cm³/mol. The molecule has 8 nitrogen and oxygen atoms in total. The summed E-state index contributed by atoms with van der Waals surface area (Å²) in [6.07, 6.45) is -5.98. The fourth-order valence-electron chi connectivity index (χ4n) is 4.50. The summed E-state index contributed by atoms with van der Waals surface area (Å²) in [5.74, 6) is -8.33. The van der Waals surface area contributed by atoms with Crippen LogP contribution in [0.15, 0.2) is 30.5 Å². The van der Waals surface area contributed by atoms with Crippen LogP contribution in [0.25, 0.3) is 0 Å². The van der Waals surface area contributed by atoms with Gasteiger partial charge in [0.05, 0.1) is 11.6 Å². The second-order valence-corrected chi connectivity index (χ2v) is 10.1. The Balaban J connectivity index is 1.78. The zero-order valence-electron chi connectivity index (χ0n) is 22.1. The number of benzene rings is 1. The quantitative estimate of drug-likeness (QED) is 0.276. The van der Waals surface area contributed by atoms with Crippen molar-refractivity contribution in [1.82, 2.24) is 20.4 Å². The molecule has 1 heterocycles. The van der Waals surface area contributed by atoms with Crippen LogP contribution in [0.1, 0.15) is 74.5 Å². The molecule has 0 radical (unpaired) electrons. The van der Waals surface area contributed by atoms with E-state index in [2.05, 4.69) is 15.7 Å². The molecule has 3 N–H and O–H groups in total. The first kappa shape index (κ1) is 31.0. The molecule has 40 heavy (non-hydrogen) atoms. The highest BCUT2D eigenvalue weighted by Gasteiger charge is 2.41. The Labute approximate surface area is 226 Å². The molecule has 1 aliphatic carbocycles. The highest BCUT2D eigenvalue weighted by molar-refractivity contribution is 6.00. The fourth-order valence-corrected chi connectivity index (χ4v) is 4.50. The number of carbonyl (C=O) groups excluding carboxylic acids is 3. The molecule has 0 aliphatic heterocycles. The van der Waals surface area contributed by atoms with Gasteiger partial charge in [0.2, 0.25) is 24.0 Å². The van der Waals surface area contributed by atoms with E-state index in [4.69, 9.17) is 0 Å². The first-order valence-electron chi connectivity index (χ1n) is 12.7. The Morgan fingerprint density at radius 2 is 1.65 bits per heavy atom. The molecule has 1 aliphatic rings. The van der Waals surface area contributed by atoms with E-state index in [1.165, 1.54) is 35.3 Å². The Bertz CT molecular complexity index is 1210. The van der Waals surface area contributed by atoms with Gasteiger partial charge in [-0.2, -0.15) is 5.10 Å². The van der Waals surface area contributed by atoms with Gasteiger partial charge in [-0.15, -0.1) is 0 Å². The van der Waals surface area contributed by atoms with Crippen LogP contribution in [0.3, 0.4) is 0 Å². The summed E-state index contributed by atoms with van der Waals surface area (Å²) in [6, 6.07) is 3.23. The molecule has 1 aromatic carbocycles. The summed E-state index contributed by atoms with van der Waals surface area (Å²) >= 11 is 0. The van der Waals surface area contributed by atoms with E-state index in [-0.39, 0.29) is 35.8 Å². The SMILES string of the molecule is CC(C(=O)NC(F)C(F)F)c1ccc(NC(=O)[C@@H](NC(=O)c2ccnn2C(C)C)C2CCC(F)(F)CC2)c(F)c1. The summed E-state index contributed by atoms with van der Waals surface area (Å²) in [5.41, 5.74) is -0.153. The lowest BCUT2D eigenvalue weighted by Crippen LogP contribution is -2.50. The molecule has 1 fully saturated rings. The van der Waals surface area contributed by atoms with E-state index in [0.717, 1.165) is 12.1 Å². The highest BCUT2D eigenvalue weighted by atomic mass is 19.3. The standard InChI is InChI=1S/C26H31F6N5O3/c1-13(2)37-19(8-11-33-37)24(39)35-20(15-6-9-26(31,32)10-7-15)25(40)34-18-5-4-16(12-17(18)27)14(3)23(38)36-22(30)21(28)29/h4-5,8,11-15,20-22H,6-7,9-10H2,1-3H3,(H,34,40)(H,35,39)(H,36,38)/t14?,20-,22?/m0/s1. The van der Waals surface area contributed by atoms with Gasteiger partial charge in [-0.1, -0.05) is 6.07 Å². The van der Waals surface area contributed by atoms with E-state index in [1.807, 2.05) is 0 Å². The van der Waals surface area contributed by atoms with Crippen molar-refractivity contribution in [2.75, 3.05) is 5.32 Å². The van der Waals surface area contributed by atoms with Crippen molar-refractivity contribution >= 4 is 23.4 Å². The van der Waals surface area contributed by atoms with Crippen molar-refractivity contribution in [3.8, 4) is 0 Å². The molecule has 3 atom stereocenters. The van der Waals surface area contributed by atoms with Gasteiger partial charge >= 0.3 is 0 Å². The van der Waals surface area contributed by atoms with Gasteiger partial charge in [0.1, 0.15) is 17.6 Å². The van der Waals surface area contributed by atoms with Crippen molar-refractivity contribution in [1.29, 1.82) is 0 Å². The average molecular weight is 576 g/mol. The van der Waals surface area contributed by atoms with E-state index in [1.54, 1.807) is 13.8 Å². The summed E-state index contributed by atoms with van der Waals surface area (Å²) in [6.45, 7) is 4.85. The largest absolute Gasteiger partial charge is 0.339 e. The van der Waals surface area contributed by atoms with Gasteiger partial charge in [0, 0.05) is 25.1 Å². The molecule has 2 unspecified atom stereocenters. The number of carbonyl (C=O) groups is 3. The van der Waals surface area contributed by atoms with E-state index >= 15 is 0 Å². The van der Waals surface area contributed by atoms with Crippen LogP contribution in [0.4, 0.5) is 32.0 Å². The average Bonchev–Trinajstić information content (AvgIpc) is 3.38. The summed E-state index contributed by atoms with van der Waals surface area (Å²) < 4.78 is 81.9. The molecule has 1 aromatic heterocycles. The molecule has 2 aromatic rings. The number of aromatic nitrogens is 2. The van der Waals surface area contributed by atoms with E-state index in [0.29, 0.717) is 0 Å². The van der Waals surface area contributed by atoms with Crippen LogP contribution < -0.4 is 16.0 Å². The zero-order chi connectivity index (χ0) is 29.8. The van der Waals surface area contributed by atoms with Crippen molar-refractivity contribution < 1.29 is 40.7 Å². The number of amides is 3. The Morgan fingerprint density at radius 1 is 1.00 bits per heavy atom. The maximum absolute atomic E-state index is 14.9. The number of nitrogens with one attached hydrogen (secondary N) is 3. The number of nitrogens with zero attached hydrogens (tertiary/aromatic N) is 2. The van der Waals surface area contributed by atoms with Crippen LogP contribution in [0.5, 0.6) is 0 Å². The lowest BCUT2D eigenvalue weighted by Gasteiger charge is -2.33. The minimum absolute atomic E-state index is 0.0239. The first-order chi connectivity index (χ1) is 18.7. The monoisotopic (exact) mass is 575 g/mol. The summed E-state index contributed by atoms with van der Waals surface area (Å²) in [7, 11) is 0. The molecular weight excluding hydrogens is 544 g/mol. The first-order valence-corrected chi connectivity index (χ1v) is 12.7. The topological polar surface area (TPSA) is 105 Å². The van der Waals surface area contributed by atoms with Crippen LogP contribution >= 0.6 is 0 Å². The lowest BCUT2D eigenvalue weighted by atomic mass is 9.81. The number of hydrogen-bond donors (Lipinski definition) is 3. The summed E-state index contributed by atoms with van der Waals surface area (Å²) in [4.78, 5) is 38.4. The molecule has 1 saturated carbocycles. The molecular formula is C26H31F6N5O3. The van der Waals surface area contributed by atoms with E-state index < -0.39 is 72.9 Å². The second-order valence-electron chi connectivity index (χ2n) is 10.1. The van der Waals surface area contributed by atoms with Crippen molar-refractivity contribution in [2.45, 2.75) is 83.1 Å². The van der Waals surface area contributed by atoms with Gasteiger partial charge in [0.25, 0.3) is 12.3 Å². The normalized spacial score (nSPS) is 17.8. The van der Waals surface area contributed by atoms with Gasteiger partial charge in [-0.3, -0.25) is 19.1 Å². The molecule has 0 spiro atoms. The van der Waals surface area contributed by atoms with Crippen LogP contribution in [0, 0.1) is 11.7 Å². The Morgan fingerprint density at radius 3 is 2.23 bits per heavy atom. The third-order valence-electron chi connectivity index (χ3n) is 6.84. The van der Waals surface area contributed by atoms with Crippen molar-refractivity contribution in [3.05, 3.63) is 47.5 Å². The van der Waals surface area contributed by atoms with Crippen LogP contribution in [-0.2, 0) is 9.59 Å². The Kier molecular flexibility index (Phi) is 9.85. The molecule has 220 valence electrons. The number of alkyl halides is 5. The van der Waals surface area contributed by atoms with Crippen LogP contribution in [0.2, 0.25) is 0 Å². The smallest absolute Gasteiger partial charge is 0.287 e.